The summed E-state index contributed by atoms with van der Waals surface area (Å²) in [5, 5.41) is 10.4. The number of hydrogen-bond acceptors (Lipinski definition) is 2. The van der Waals surface area contributed by atoms with Crippen molar-refractivity contribution in [2.75, 3.05) is 0 Å². The van der Waals surface area contributed by atoms with Crippen molar-refractivity contribution in [1.29, 1.82) is 0 Å². The van der Waals surface area contributed by atoms with Gasteiger partial charge in [0, 0.05) is 0 Å². The second kappa shape index (κ2) is 2.92. The van der Waals surface area contributed by atoms with Gasteiger partial charge in [-0.3, -0.25) is 0 Å². The Hall–Kier alpha value is 0.855. The van der Waals surface area contributed by atoms with Crippen molar-refractivity contribution >= 4 is 0 Å². The minimum absolute atomic E-state index is 0.132. The van der Waals surface area contributed by atoms with Crippen LogP contribution in [-0.2, 0) is 29.2 Å². The molecule has 71 valence electrons. The van der Waals surface area contributed by atoms with Crippen LogP contribution in [-0.4, -0.2) is 16.8 Å². The summed E-state index contributed by atoms with van der Waals surface area (Å²) in [4.78, 5) is 0. The molecule has 0 aromatic carbocycles. The molecule has 13 heavy (non-hydrogen) atoms. The molecule has 3 rings (SSSR count). The Morgan fingerprint density at radius 3 is 2.31 bits per heavy atom. The summed E-state index contributed by atoms with van der Waals surface area (Å²) in [7, 11) is 0. The minimum atomic E-state index is -0.569. The first kappa shape index (κ1) is 10.4. The van der Waals surface area contributed by atoms with Crippen molar-refractivity contribution in [3.05, 3.63) is 0 Å². The van der Waals surface area contributed by atoms with Crippen molar-refractivity contribution < 1.29 is 34.3 Å². The van der Waals surface area contributed by atoms with Gasteiger partial charge in [-0.25, -0.2) is 0 Å². The van der Waals surface area contributed by atoms with Crippen molar-refractivity contribution in [2.45, 2.75) is 45.3 Å². The van der Waals surface area contributed by atoms with Crippen LogP contribution in [0.15, 0.2) is 0 Å². The first-order valence-electron chi connectivity index (χ1n) is 5.04. The molecule has 0 aliphatic heterocycles. The van der Waals surface area contributed by atoms with E-state index >= 15 is 0 Å². The molecule has 3 heteroatoms. The molecule has 0 spiro atoms. The summed E-state index contributed by atoms with van der Waals surface area (Å²) in [6, 6.07) is 0. The summed E-state index contributed by atoms with van der Waals surface area (Å²) >= 11 is 0.350. The Morgan fingerprint density at radius 1 is 1.31 bits per heavy atom. The number of fused-ring (bicyclic) bond motifs is 2. The quantitative estimate of drug-likeness (QED) is 0.712. The molecule has 1 unspecified atom stereocenters. The van der Waals surface area contributed by atoms with Crippen LogP contribution >= 0.6 is 0 Å². The first-order chi connectivity index (χ1) is 5.90. The van der Waals surface area contributed by atoms with E-state index in [9.17, 15) is 5.11 Å². The van der Waals surface area contributed by atoms with E-state index in [4.69, 9.17) is 2.64 Å². The Labute approximate surface area is 96.7 Å². The molecular weight excluding hydrogens is 353 g/mol. The van der Waals surface area contributed by atoms with E-state index in [1.54, 1.807) is 0 Å². The van der Waals surface area contributed by atoms with Crippen LogP contribution in [0.1, 0.15) is 33.6 Å². The third-order valence-corrected chi connectivity index (χ3v) is 6.09. The molecule has 0 aromatic heterocycles. The van der Waals surface area contributed by atoms with E-state index in [1.165, 1.54) is 6.42 Å². The zero-order valence-corrected chi connectivity index (χ0v) is 14.2. The third-order valence-electron chi connectivity index (χ3n) is 4.53. The molecule has 0 radical (unpaired) electrons. The van der Waals surface area contributed by atoms with Gasteiger partial charge in [0.25, 0.3) is 0 Å². The molecule has 0 amide bonds. The molecule has 2 nitrogen and oxygen atoms in total. The van der Waals surface area contributed by atoms with Gasteiger partial charge in [-0.05, 0) is 0 Å². The molecule has 3 aliphatic carbocycles. The van der Waals surface area contributed by atoms with E-state index < -0.39 is 5.60 Å². The molecule has 3 aliphatic rings. The summed E-state index contributed by atoms with van der Waals surface area (Å²) in [6.45, 7) is 6.54. The predicted molar refractivity (Wildman–Crippen MR) is 45.5 cm³/mol. The van der Waals surface area contributed by atoms with Gasteiger partial charge < -0.3 is 0 Å². The van der Waals surface area contributed by atoms with Crippen LogP contribution in [0.5, 0.6) is 0 Å². The summed E-state index contributed by atoms with van der Waals surface area (Å²) < 4.78 is 5.54. The second-order valence-corrected chi connectivity index (χ2v) is 6.72. The van der Waals surface area contributed by atoms with Gasteiger partial charge in [-0.15, -0.1) is 0 Å². The van der Waals surface area contributed by atoms with Gasteiger partial charge in [-0.1, -0.05) is 0 Å². The average Bonchev–Trinajstić information content (AvgIpc) is 2.01. The van der Waals surface area contributed by atoms with Crippen LogP contribution in [0.3, 0.4) is 0 Å². The molecule has 1 N–H and O–H groups in total. The SMILES string of the molecule is CC1(C)[C@@H]2CC([O][Hg])[C@@](C)(O)[C@H]1C2. The zero-order chi connectivity index (χ0) is 9.85. The van der Waals surface area contributed by atoms with Crippen LogP contribution in [0.4, 0.5) is 0 Å². The second-order valence-electron chi connectivity index (χ2n) is 5.42. The van der Waals surface area contributed by atoms with Crippen LogP contribution < -0.4 is 0 Å². The molecule has 0 aromatic rings. The summed E-state index contributed by atoms with van der Waals surface area (Å²) in [5.41, 5.74) is -0.230. The van der Waals surface area contributed by atoms with E-state index in [1.807, 2.05) is 6.92 Å². The van der Waals surface area contributed by atoms with Gasteiger partial charge in [0.1, 0.15) is 0 Å². The van der Waals surface area contributed by atoms with Crippen molar-refractivity contribution in [2.24, 2.45) is 17.3 Å². The monoisotopic (exact) mass is 371 g/mol. The number of rotatable bonds is 1. The van der Waals surface area contributed by atoms with Gasteiger partial charge >= 0.3 is 96.9 Å². The van der Waals surface area contributed by atoms with Crippen molar-refractivity contribution in [3.8, 4) is 0 Å². The molecule has 0 saturated heterocycles. The van der Waals surface area contributed by atoms with Gasteiger partial charge in [0.05, 0.1) is 0 Å². The fourth-order valence-corrected chi connectivity index (χ4v) is 5.21. The van der Waals surface area contributed by atoms with Gasteiger partial charge in [0.15, 0.2) is 0 Å². The molecular formula is C10H17HgO2. The molecule has 0 heterocycles. The maximum absolute atomic E-state index is 10.4. The van der Waals surface area contributed by atoms with E-state index in [0.29, 0.717) is 37.9 Å². The van der Waals surface area contributed by atoms with E-state index in [0.717, 1.165) is 12.3 Å². The topological polar surface area (TPSA) is 29.5 Å². The molecule has 2 bridgehead atoms. The fraction of sp³-hybridized carbons (Fsp3) is 1.00. The number of aliphatic hydroxyl groups is 1. The standard InChI is InChI=1S/C10H17O2.Hg/c1-9(2)6-4-7(9)10(3,12)8(11)5-6;/h6-8,12H,4-5H2,1-3H3;/q-1;+1/t6-,7-,8?,10-;/m0./s1. The summed E-state index contributed by atoms with van der Waals surface area (Å²) in [5.74, 6) is 1.23. The van der Waals surface area contributed by atoms with Gasteiger partial charge in [0.2, 0.25) is 0 Å². The Kier molecular flexibility index (Phi) is 2.33. The van der Waals surface area contributed by atoms with E-state index in [2.05, 4.69) is 13.8 Å². The van der Waals surface area contributed by atoms with Crippen LogP contribution in [0.25, 0.3) is 0 Å². The van der Waals surface area contributed by atoms with Crippen LogP contribution in [0.2, 0.25) is 0 Å². The Bertz CT molecular complexity index is 225. The Balaban J connectivity index is 2.23. The average molecular weight is 370 g/mol. The molecule has 3 fully saturated rings. The van der Waals surface area contributed by atoms with Crippen molar-refractivity contribution in [1.82, 2.24) is 0 Å². The molecule has 3 saturated carbocycles. The van der Waals surface area contributed by atoms with Gasteiger partial charge in [-0.2, -0.15) is 0 Å². The maximum atomic E-state index is 10.4. The summed E-state index contributed by atoms with van der Waals surface area (Å²) in [6.07, 6.45) is 2.40. The van der Waals surface area contributed by atoms with E-state index in [-0.39, 0.29) is 6.10 Å². The number of hydrogen-bond donors (Lipinski definition) is 1. The molecule has 4 atom stereocenters. The fourth-order valence-electron chi connectivity index (χ4n) is 3.37. The Morgan fingerprint density at radius 2 is 1.92 bits per heavy atom. The van der Waals surface area contributed by atoms with Crippen molar-refractivity contribution in [3.63, 3.8) is 0 Å². The zero-order valence-electron chi connectivity index (χ0n) is 8.71. The predicted octanol–water partition coefficient (Wildman–Crippen LogP) is 1.65. The first-order valence-corrected chi connectivity index (χ1v) is 7.28. The third kappa shape index (κ3) is 1.25. The van der Waals surface area contributed by atoms with Crippen LogP contribution in [0, 0.1) is 17.3 Å². The normalized spacial score (nSPS) is 52.9.